The summed E-state index contributed by atoms with van der Waals surface area (Å²) >= 11 is 0. The lowest BCUT2D eigenvalue weighted by molar-refractivity contribution is -0.120. The van der Waals surface area contributed by atoms with Crippen LogP contribution in [0.2, 0.25) is 0 Å². The third kappa shape index (κ3) is 5.23. The Kier molecular flexibility index (Phi) is 7.35. The minimum absolute atomic E-state index is 0.0596. The largest absolute Gasteiger partial charge is 0.388 e. The van der Waals surface area contributed by atoms with Gasteiger partial charge in [-0.25, -0.2) is 0 Å². The Labute approximate surface area is 224 Å². The van der Waals surface area contributed by atoms with Crippen LogP contribution < -0.4 is 10.2 Å². The first-order valence-electron chi connectivity index (χ1n) is 13.4. The van der Waals surface area contributed by atoms with Gasteiger partial charge in [0.1, 0.15) is 5.69 Å². The highest BCUT2D eigenvalue weighted by Crippen LogP contribution is 2.32. The van der Waals surface area contributed by atoms with E-state index in [0.29, 0.717) is 25.3 Å². The molecule has 3 aromatic rings. The number of carbonyl (C=O) groups is 2. The van der Waals surface area contributed by atoms with Crippen LogP contribution in [0.3, 0.4) is 0 Å². The summed E-state index contributed by atoms with van der Waals surface area (Å²) in [5, 5.41) is 10.5. The van der Waals surface area contributed by atoms with Gasteiger partial charge in [-0.2, -0.15) is 5.10 Å². The van der Waals surface area contributed by atoms with E-state index in [4.69, 9.17) is 0 Å². The van der Waals surface area contributed by atoms with Crippen molar-refractivity contribution >= 4 is 23.7 Å². The number of nitrogens with one attached hydrogen (secondary N) is 2. The zero-order valence-electron chi connectivity index (χ0n) is 22.5. The molecule has 38 heavy (non-hydrogen) atoms. The summed E-state index contributed by atoms with van der Waals surface area (Å²) in [6.45, 7) is 7.75. The molecule has 5 rings (SSSR count). The number of hydrogen-bond donors (Lipinski definition) is 2. The van der Waals surface area contributed by atoms with Gasteiger partial charge in [0.05, 0.1) is 6.20 Å². The molecule has 9 heteroatoms. The molecule has 1 aromatic carbocycles. The molecule has 4 heterocycles. The number of piperidine rings is 1. The van der Waals surface area contributed by atoms with Gasteiger partial charge in [-0.3, -0.25) is 19.7 Å². The van der Waals surface area contributed by atoms with Gasteiger partial charge in [0.15, 0.2) is 0 Å². The lowest BCUT2D eigenvalue weighted by Crippen LogP contribution is -2.46. The third-order valence-electron chi connectivity index (χ3n) is 7.95. The lowest BCUT2D eigenvalue weighted by atomic mass is 9.83. The predicted molar refractivity (Wildman–Crippen MR) is 148 cm³/mol. The molecular formula is C29H37N7O2. The van der Waals surface area contributed by atoms with E-state index < -0.39 is 0 Å². The maximum absolute atomic E-state index is 13.4. The molecule has 0 bridgehead atoms. The molecule has 0 radical (unpaired) electrons. The number of rotatable bonds is 8. The zero-order valence-corrected chi connectivity index (χ0v) is 22.5. The van der Waals surface area contributed by atoms with Gasteiger partial charge < -0.3 is 20.0 Å². The van der Waals surface area contributed by atoms with Crippen molar-refractivity contribution in [1.29, 1.82) is 0 Å². The molecule has 0 atom stereocenters. The van der Waals surface area contributed by atoms with Crippen LogP contribution in [0.25, 0.3) is 0 Å². The average molecular weight is 516 g/mol. The van der Waals surface area contributed by atoms with Gasteiger partial charge in [0.2, 0.25) is 6.41 Å². The van der Waals surface area contributed by atoms with Crippen molar-refractivity contribution in [2.24, 2.45) is 0 Å². The van der Waals surface area contributed by atoms with Crippen molar-refractivity contribution < 1.29 is 9.59 Å². The van der Waals surface area contributed by atoms with E-state index in [0.717, 1.165) is 61.4 Å². The summed E-state index contributed by atoms with van der Waals surface area (Å²) in [6.07, 6.45) is 7.14. The van der Waals surface area contributed by atoms with E-state index in [9.17, 15) is 9.59 Å². The van der Waals surface area contributed by atoms with E-state index in [2.05, 4.69) is 51.4 Å². The predicted octanol–water partition coefficient (Wildman–Crippen LogP) is 3.45. The summed E-state index contributed by atoms with van der Waals surface area (Å²) in [7, 11) is 1.92. The fourth-order valence-electron chi connectivity index (χ4n) is 5.88. The van der Waals surface area contributed by atoms with Crippen molar-refractivity contribution in [3.63, 3.8) is 0 Å². The number of anilines is 2. The number of amides is 2. The van der Waals surface area contributed by atoms with Crippen LogP contribution in [-0.2, 0) is 23.2 Å². The fourth-order valence-corrected chi connectivity index (χ4v) is 5.88. The minimum atomic E-state index is -0.196. The Hall–Kier alpha value is -3.88. The van der Waals surface area contributed by atoms with Gasteiger partial charge in [-0.15, -0.1) is 0 Å². The molecule has 0 unspecified atom stereocenters. The zero-order chi connectivity index (χ0) is 26.7. The molecular weight excluding hydrogens is 478 g/mol. The number of carbonyl (C=O) groups excluding carboxylic acids is 2. The number of aromatic amines is 1. The van der Waals surface area contributed by atoms with Crippen LogP contribution in [0.4, 0.5) is 11.4 Å². The first-order chi connectivity index (χ1) is 18.4. The summed E-state index contributed by atoms with van der Waals surface area (Å²) in [4.78, 5) is 35.9. The maximum Gasteiger partial charge on any atom is 0.272 e. The number of hydrogen-bond acceptors (Lipinski definition) is 6. The first kappa shape index (κ1) is 25.8. The number of pyridine rings is 1. The number of benzene rings is 1. The van der Waals surface area contributed by atoms with Gasteiger partial charge in [-0.05, 0) is 43.0 Å². The normalized spacial score (nSPS) is 17.1. The first-order valence-corrected chi connectivity index (χ1v) is 13.4. The number of fused-ring (bicyclic) bond motifs is 1. The smallest absolute Gasteiger partial charge is 0.272 e. The average Bonchev–Trinajstić information content (AvgIpc) is 3.43. The highest BCUT2D eigenvalue weighted by molar-refractivity contribution is 5.93. The number of para-hydroxylation sites is 1. The lowest BCUT2D eigenvalue weighted by Gasteiger charge is -2.38. The Bertz CT molecular complexity index is 1280. The van der Waals surface area contributed by atoms with Crippen LogP contribution in [0.1, 0.15) is 54.0 Å². The van der Waals surface area contributed by atoms with Crippen LogP contribution in [0.15, 0.2) is 48.8 Å². The van der Waals surface area contributed by atoms with E-state index in [-0.39, 0.29) is 17.4 Å². The molecule has 0 saturated carbocycles. The molecule has 200 valence electrons. The fraction of sp³-hybridized carbons (Fsp3) is 0.448. The molecule has 2 N–H and O–H groups in total. The van der Waals surface area contributed by atoms with Crippen molar-refractivity contribution in [1.82, 2.24) is 25.0 Å². The van der Waals surface area contributed by atoms with Gasteiger partial charge in [0, 0.05) is 80.1 Å². The van der Waals surface area contributed by atoms with Crippen molar-refractivity contribution in [3.8, 4) is 0 Å². The van der Waals surface area contributed by atoms with E-state index in [1.165, 1.54) is 5.56 Å². The van der Waals surface area contributed by atoms with Crippen LogP contribution in [0.5, 0.6) is 0 Å². The monoisotopic (exact) mass is 515 g/mol. The minimum Gasteiger partial charge on any atom is -0.388 e. The standard InChI is InChI=1S/C29H37N7O2/c1-29(2)19-36(18-22-17-32-33-27(22)29)28(38)26-16-24(8-12-31-26)34-14-10-23(11-15-34)35(20-37)13-9-21-6-4-5-7-25(21)30-3/h4-8,12,16-17,20,23,30H,9-11,13-15,18-19H2,1-3H3,(H,32,33). The van der Waals surface area contributed by atoms with Crippen molar-refractivity contribution in [3.05, 3.63) is 71.3 Å². The number of aromatic nitrogens is 3. The summed E-state index contributed by atoms with van der Waals surface area (Å²) in [5.41, 5.74) is 5.75. The summed E-state index contributed by atoms with van der Waals surface area (Å²) < 4.78 is 0. The molecule has 0 aliphatic carbocycles. The second-order valence-electron chi connectivity index (χ2n) is 10.9. The number of H-pyrrole nitrogens is 1. The van der Waals surface area contributed by atoms with Gasteiger partial charge >= 0.3 is 0 Å². The molecule has 2 aliphatic heterocycles. The topological polar surface area (TPSA) is 97.5 Å². The maximum atomic E-state index is 13.4. The summed E-state index contributed by atoms with van der Waals surface area (Å²) in [6, 6.07) is 12.3. The van der Waals surface area contributed by atoms with Gasteiger partial charge in [0.25, 0.3) is 5.91 Å². The Morgan fingerprint density at radius 1 is 1.24 bits per heavy atom. The van der Waals surface area contributed by atoms with Crippen LogP contribution >= 0.6 is 0 Å². The quantitative estimate of drug-likeness (QED) is 0.446. The molecule has 1 fully saturated rings. The van der Waals surface area contributed by atoms with E-state index in [1.807, 2.05) is 47.3 Å². The van der Waals surface area contributed by atoms with Gasteiger partial charge in [-0.1, -0.05) is 32.0 Å². The SMILES string of the molecule is CNc1ccccc1CCN(C=O)C1CCN(c2ccnc(C(=O)N3Cc4cn[nH]c4C(C)(C)C3)c2)CC1. The van der Waals surface area contributed by atoms with Crippen molar-refractivity contribution in [2.45, 2.75) is 51.1 Å². The Morgan fingerprint density at radius 3 is 2.79 bits per heavy atom. The summed E-state index contributed by atoms with van der Waals surface area (Å²) in [5.74, 6) is -0.0596. The van der Waals surface area contributed by atoms with Crippen molar-refractivity contribution in [2.75, 3.05) is 43.4 Å². The molecule has 2 amide bonds. The van der Waals surface area contributed by atoms with E-state index in [1.54, 1.807) is 6.20 Å². The highest BCUT2D eigenvalue weighted by atomic mass is 16.2. The van der Waals surface area contributed by atoms with E-state index >= 15 is 0 Å². The Balaban J connectivity index is 1.20. The second kappa shape index (κ2) is 10.8. The molecule has 0 spiro atoms. The molecule has 2 aromatic heterocycles. The number of nitrogens with zero attached hydrogens (tertiary/aromatic N) is 5. The highest BCUT2D eigenvalue weighted by Gasteiger charge is 2.36. The Morgan fingerprint density at radius 2 is 2.03 bits per heavy atom. The molecule has 1 saturated heterocycles. The van der Waals surface area contributed by atoms with Crippen LogP contribution in [-0.4, -0.2) is 76.6 Å². The van der Waals surface area contributed by atoms with Crippen LogP contribution in [0, 0.1) is 0 Å². The third-order valence-corrected chi connectivity index (χ3v) is 7.95. The molecule has 2 aliphatic rings. The second-order valence-corrected chi connectivity index (χ2v) is 10.9. The molecule has 9 nitrogen and oxygen atoms in total.